The van der Waals surface area contributed by atoms with Crippen LogP contribution in [0.5, 0.6) is 0 Å². The number of aromatic amines is 1. The number of carbonyl (C=O) groups excluding carboxylic acids is 1. The number of carbonyl (C=O) groups is 1. The van der Waals surface area contributed by atoms with Gasteiger partial charge in [0.15, 0.2) is 0 Å². The maximum atomic E-state index is 11.3. The Hall–Kier alpha value is -1.48. The van der Waals surface area contributed by atoms with Gasteiger partial charge in [0.05, 0.1) is 0 Å². The van der Waals surface area contributed by atoms with Crippen molar-refractivity contribution in [3.8, 4) is 0 Å². The fourth-order valence-electron chi connectivity index (χ4n) is 3.97. The molecule has 3 nitrogen and oxygen atoms in total. The molecular formula is C18H23ClN2O. The van der Waals surface area contributed by atoms with E-state index in [9.17, 15) is 4.79 Å². The number of hydrogen-bond acceptors (Lipinski definition) is 1. The molecule has 1 aliphatic rings. The minimum absolute atomic E-state index is 0.0407. The highest BCUT2D eigenvalue weighted by Gasteiger charge is 2.58. The van der Waals surface area contributed by atoms with Crippen LogP contribution >= 0.6 is 11.6 Å². The second-order valence-corrected chi connectivity index (χ2v) is 7.15. The Morgan fingerprint density at radius 1 is 1.36 bits per heavy atom. The molecule has 118 valence electrons. The highest BCUT2D eigenvalue weighted by atomic mass is 35.5. The van der Waals surface area contributed by atoms with Crippen molar-refractivity contribution in [1.29, 1.82) is 0 Å². The van der Waals surface area contributed by atoms with Crippen LogP contribution in [0.2, 0.25) is 0 Å². The van der Waals surface area contributed by atoms with Crippen LogP contribution < -0.4 is 5.32 Å². The summed E-state index contributed by atoms with van der Waals surface area (Å²) in [5.74, 6) is 1.11. The van der Waals surface area contributed by atoms with E-state index in [1.54, 1.807) is 0 Å². The standard InChI is InChI=1S/C18H23ClN2O/c1-11-16(12-6-4-5-7-14(12)21-11)17-13(18(17,2)3)8-9-20-15(22)10-19/h4-7,13,17,21H,8-10H2,1-3H3,(H,20,22)/t13-,17-/m0/s1. The molecular weight excluding hydrogens is 296 g/mol. The van der Waals surface area contributed by atoms with E-state index in [1.807, 2.05) is 0 Å². The first-order chi connectivity index (χ1) is 10.5. The molecule has 1 aromatic heterocycles. The van der Waals surface area contributed by atoms with Gasteiger partial charge < -0.3 is 10.3 Å². The first kappa shape index (κ1) is 15.4. The molecule has 3 rings (SSSR count). The van der Waals surface area contributed by atoms with Gasteiger partial charge in [0.1, 0.15) is 5.88 Å². The summed E-state index contributed by atoms with van der Waals surface area (Å²) in [6.45, 7) is 7.52. The predicted molar refractivity (Wildman–Crippen MR) is 91.4 cm³/mol. The van der Waals surface area contributed by atoms with Crippen molar-refractivity contribution < 1.29 is 4.79 Å². The fraction of sp³-hybridized carbons (Fsp3) is 0.500. The van der Waals surface area contributed by atoms with E-state index in [2.05, 4.69) is 55.3 Å². The molecule has 0 bridgehead atoms. The smallest absolute Gasteiger partial charge is 0.234 e. The lowest BCUT2D eigenvalue weighted by Crippen LogP contribution is -2.25. The summed E-state index contributed by atoms with van der Waals surface area (Å²) < 4.78 is 0. The number of benzene rings is 1. The molecule has 1 saturated carbocycles. The van der Waals surface area contributed by atoms with Gasteiger partial charge in [-0.15, -0.1) is 11.6 Å². The number of nitrogens with one attached hydrogen (secondary N) is 2. The van der Waals surface area contributed by atoms with Crippen molar-refractivity contribution in [1.82, 2.24) is 10.3 Å². The van der Waals surface area contributed by atoms with Gasteiger partial charge in [0.25, 0.3) is 0 Å². The Bertz CT molecular complexity index is 704. The number of para-hydroxylation sites is 1. The second-order valence-electron chi connectivity index (χ2n) is 6.89. The van der Waals surface area contributed by atoms with Crippen molar-refractivity contribution in [2.24, 2.45) is 11.3 Å². The molecule has 1 aliphatic carbocycles. The summed E-state index contributed by atoms with van der Waals surface area (Å²) >= 11 is 5.52. The van der Waals surface area contributed by atoms with Crippen LogP contribution in [0.1, 0.15) is 37.4 Å². The maximum absolute atomic E-state index is 11.3. The van der Waals surface area contributed by atoms with E-state index in [0.29, 0.717) is 18.4 Å². The van der Waals surface area contributed by atoms with Crippen molar-refractivity contribution in [2.75, 3.05) is 12.4 Å². The van der Waals surface area contributed by atoms with Crippen molar-refractivity contribution in [3.63, 3.8) is 0 Å². The van der Waals surface area contributed by atoms with Gasteiger partial charge in [0, 0.05) is 23.1 Å². The summed E-state index contributed by atoms with van der Waals surface area (Å²) in [7, 11) is 0. The van der Waals surface area contributed by atoms with Gasteiger partial charge in [-0.25, -0.2) is 0 Å². The number of halogens is 1. The molecule has 2 aromatic rings. The number of fused-ring (bicyclic) bond motifs is 1. The number of hydrogen-bond donors (Lipinski definition) is 2. The number of alkyl halides is 1. The molecule has 0 unspecified atom stereocenters. The third-order valence-electron chi connectivity index (χ3n) is 5.20. The number of H-pyrrole nitrogens is 1. The third kappa shape index (κ3) is 2.52. The highest BCUT2D eigenvalue weighted by Crippen LogP contribution is 2.67. The first-order valence-electron chi connectivity index (χ1n) is 7.86. The van der Waals surface area contributed by atoms with E-state index in [0.717, 1.165) is 6.42 Å². The minimum Gasteiger partial charge on any atom is -0.358 e. The Morgan fingerprint density at radius 3 is 2.82 bits per heavy atom. The minimum atomic E-state index is -0.0834. The maximum Gasteiger partial charge on any atom is 0.234 e. The lowest BCUT2D eigenvalue weighted by atomic mass is 10.0. The average molecular weight is 319 g/mol. The van der Waals surface area contributed by atoms with E-state index >= 15 is 0 Å². The Balaban J connectivity index is 1.79. The van der Waals surface area contributed by atoms with Crippen LogP contribution in [-0.2, 0) is 4.79 Å². The number of aromatic nitrogens is 1. The Labute approximate surface area is 136 Å². The molecule has 1 heterocycles. The normalized spacial score (nSPS) is 22.7. The molecule has 1 aromatic carbocycles. The van der Waals surface area contributed by atoms with Crippen LogP contribution in [0, 0.1) is 18.3 Å². The zero-order chi connectivity index (χ0) is 15.9. The zero-order valence-electron chi connectivity index (χ0n) is 13.4. The predicted octanol–water partition coefficient (Wildman–Crippen LogP) is 3.96. The van der Waals surface area contributed by atoms with E-state index in [-0.39, 0.29) is 17.2 Å². The van der Waals surface area contributed by atoms with Crippen LogP contribution in [0.3, 0.4) is 0 Å². The Kier molecular flexibility index (Phi) is 3.94. The monoisotopic (exact) mass is 318 g/mol. The molecule has 0 aliphatic heterocycles. The van der Waals surface area contributed by atoms with Crippen LogP contribution in [0.25, 0.3) is 10.9 Å². The van der Waals surface area contributed by atoms with Crippen LogP contribution in [0.4, 0.5) is 0 Å². The topological polar surface area (TPSA) is 44.9 Å². The number of rotatable bonds is 5. The molecule has 2 N–H and O–H groups in total. The summed E-state index contributed by atoms with van der Waals surface area (Å²) in [5, 5.41) is 4.22. The average Bonchev–Trinajstić information content (AvgIpc) is 2.86. The molecule has 0 saturated heterocycles. The van der Waals surface area contributed by atoms with Gasteiger partial charge in [-0.2, -0.15) is 0 Å². The largest absolute Gasteiger partial charge is 0.358 e. The Morgan fingerprint density at radius 2 is 2.09 bits per heavy atom. The summed E-state index contributed by atoms with van der Waals surface area (Å²) in [4.78, 5) is 14.8. The fourth-order valence-corrected chi connectivity index (χ4v) is 4.06. The molecule has 0 radical (unpaired) electrons. The summed E-state index contributed by atoms with van der Waals surface area (Å²) in [6, 6.07) is 8.51. The molecule has 1 fully saturated rings. The third-order valence-corrected chi connectivity index (χ3v) is 5.45. The van der Waals surface area contributed by atoms with E-state index in [1.165, 1.54) is 22.2 Å². The molecule has 0 spiro atoms. The number of aryl methyl sites for hydroxylation is 1. The summed E-state index contributed by atoms with van der Waals surface area (Å²) in [5.41, 5.74) is 4.22. The van der Waals surface area contributed by atoms with Gasteiger partial charge in [-0.05, 0) is 42.2 Å². The van der Waals surface area contributed by atoms with Gasteiger partial charge in [-0.1, -0.05) is 32.0 Å². The van der Waals surface area contributed by atoms with Crippen molar-refractivity contribution >= 4 is 28.4 Å². The van der Waals surface area contributed by atoms with E-state index in [4.69, 9.17) is 11.6 Å². The van der Waals surface area contributed by atoms with Crippen molar-refractivity contribution in [3.05, 3.63) is 35.5 Å². The lowest BCUT2D eigenvalue weighted by molar-refractivity contribution is -0.118. The molecule has 2 atom stereocenters. The molecule has 1 amide bonds. The molecule has 22 heavy (non-hydrogen) atoms. The van der Waals surface area contributed by atoms with Gasteiger partial charge in [-0.3, -0.25) is 4.79 Å². The zero-order valence-corrected chi connectivity index (χ0v) is 14.1. The van der Waals surface area contributed by atoms with Crippen LogP contribution in [-0.4, -0.2) is 23.3 Å². The molecule has 4 heteroatoms. The lowest BCUT2D eigenvalue weighted by Gasteiger charge is -2.03. The van der Waals surface area contributed by atoms with Gasteiger partial charge >= 0.3 is 0 Å². The van der Waals surface area contributed by atoms with Crippen LogP contribution in [0.15, 0.2) is 24.3 Å². The van der Waals surface area contributed by atoms with Crippen molar-refractivity contribution in [2.45, 2.75) is 33.1 Å². The summed E-state index contributed by atoms with van der Waals surface area (Å²) in [6.07, 6.45) is 0.999. The SMILES string of the molecule is Cc1[nH]c2ccccc2c1[C@@H]1[C@H](CCNC(=O)CCl)C1(C)C. The first-order valence-corrected chi connectivity index (χ1v) is 8.40. The highest BCUT2D eigenvalue weighted by molar-refractivity contribution is 6.27. The number of amides is 1. The quantitative estimate of drug-likeness (QED) is 0.805. The van der Waals surface area contributed by atoms with Gasteiger partial charge in [0.2, 0.25) is 5.91 Å². The second kappa shape index (κ2) is 5.62. The van der Waals surface area contributed by atoms with E-state index < -0.39 is 0 Å².